The number of benzene rings is 2. The predicted molar refractivity (Wildman–Crippen MR) is 126 cm³/mol. The highest BCUT2D eigenvalue weighted by Gasteiger charge is 2.39. The normalized spacial score (nSPS) is 25.9. The van der Waals surface area contributed by atoms with Gasteiger partial charge in [-0.15, -0.1) is 0 Å². The lowest BCUT2D eigenvalue weighted by molar-refractivity contribution is -0.142. The maximum absolute atomic E-state index is 13.5. The van der Waals surface area contributed by atoms with Crippen molar-refractivity contribution in [2.24, 2.45) is 5.92 Å². The summed E-state index contributed by atoms with van der Waals surface area (Å²) in [6, 6.07) is 17.4. The topological polar surface area (TPSA) is 44.8 Å². The Labute approximate surface area is 191 Å². The molecule has 2 aromatic rings. The van der Waals surface area contributed by atoms with E-state index in [0.29, 0.717) is 18.7 Å². The molecule has 0 saturated carbocycles. The molecule has 2 aromatic carbocycles. The third-order valence-corrected chi connectivity index (χ3v) is 7.63. The molecule has 0 aliphatic carbocycles. The molecule has 170 valence electrons. The largest absolute Gasteiger partial charge is 0.314 e. The van der Waals surface area contributed by atoms with Crippen LogP contribution in [0.2, 0.25) is 0 Å². The van der Waals surface area contributed by atoms with Crippen LogP contribution in [0.4, 0.5) is 0 Å². The zero-order chi connectivity index (χ0) is 22.1. The summed E-state index contributed by atoms with van der Waals surface area (Å²) in [5.41, 5.74) is 4.53. The number of hydroxylamine groups is 2. The van der Waals surface area contributed by atoms with Crippen LogP contribution >= 0.6 is 0 Å². The van der Waals surface area contributed by atoms with Gasteiger partial charge in [0.25, 0.3) is 5.91 Å². The fraction of sp³-hybridized carbons (Fsp3) is 0.519. The molecule has 0 unspecified atom stereocenters. The third kappa shape index (κ3) is 4.09. The van der Waals surface area contributed by atoms with Crippen LogP contribution in [-0.4, -0.2) is 48.2 Å². The first-order valence-electron chi connectivity index (χ1n) is 12.3. The van der Waals surface area contributed by atoms with Gasteiger partial charge in [-0.1, -0.05) is 36.4 Å². The van der Waals surface area contributed by atoms with E-state index in [0.717, 1.165) is 36.6 Å². The molecule has 3 heterocycles. The first kappa shape index (κ1) is 21.6. The molecule has 2 saturated heterocycles. The second kappa shape index (κ2) is 9.34. The second-order valence-electron chi connectivity index (χ2n) is 9.51. The number of carbonyl (C=O) groups is 1. The van der Waals surface area contributed by atoms with Gasteiger partial charge in [0.2, 0.25) is 0 Å². The number of fused-ring (bicyclic) bond motifs is 4. The van der Waals surface area contributed by atoms with Crippen molar-refractivity contribution in [1.82, 2.24) is 15.3 Å². The summed E-state index contributed by atoms with van der Waals surface area (Å²) in [5.74, 6) is 0.729. The first-order chi connectivity index (χ1) is 15.7. The Kier molecular flexibility index (Phi) is 6.31. The maximum Gasteiger partial charge on any atom is 0.278 e. The smallest absolute Gasteiger partial charge is 0.278 e. The number of nitrogens with one attached hydrogen (secondary N) is 1. The Morgan fingerprint density at radius 3 is 2.91 bits per heavy atom. The quantitative estimate of drug-likeness (QED) is 0.705. The molecule has 3 aliphatic rings. The standard InChI is InChI=1S/C27H35N3O2/c1-3-32-30(19(2)20-8-5-4-6-9-20)27(31)22-11-12-24-21(16-22)13-15-29-18-23-10-7-14-28-25(23)17-26(24)29/h4-6,8-9,11-12,16,19,23,25-26,28H,3,7,10,13-15,17-18H2,1-2H3/t19-,23-,25+,26+/m1/s1. The van der Waals surface area contributed by atoms with Crippen LogP contribution < -0.4 is 5.32 Å². The monoisotopic (exact) mass is 433 g/mol. The fourth-order valence-corrected chi connectivity index (χ4v) is 5.93. The van der Waals surface area contributed by atoms with E-state index >= 15 is 0 Å². The SMILES string of the molecule is CCON(C(=O)c1ccc2c(c1)CCN1C[C@H]3CCCN[C@H]3C[C@@H]21)[C@H](C)c1ccccc1. The molecule has 1 amide bonds. The molecule has 0 spiro atoms. The first-order valence-corrected chi connectivity index (χ1v) is 12.3. The summed E-state index contributed by atoms with van der Waals surface area (Å²) >= 11 is 0. The van der Waals surface area contributed by atoms with E-state index < -0.39 is 0 Å². The number of hydrogen-bond acceptors (Lipinski definition) is 4. The van der Waals surface area contributed by atoms with Gasteiger partial charge >= 0.3 is 0 Å². The summed E-state index contributed by atoms with van der Waals surface area (Å²) in [6.07, 6.45) is 4.86. The van der Waals surface area contributed by atoms with Gasteiger partial charge in [0.05, 0.1) is 12.6 Å². The van der Waals surface area contributed by atoms with Crippen molar-refractivity contribution in [2.45, 2.75) is 57.7 Å². The van der Waals surface area contributed by atoms with Gasteiger partial charge in [0, 0.05) is 30.7 Å². The van der Waals surface area contributed by atoms with E-state index in [2.05, 4.69) is 22.3 Å². The molecule has 0 radical (unpaired) electrons. The lowest BCUT2D eigenvalue weighted by atomic mass is 9.77. The van der Waals surface area contributed by atoms with E-state index in [9.17, 15) is 4.79 Å². The van der Waals surface area contributed by atoms with Crippen LogP contribution in [0.1, 0.15) is 72.2 Å². The van der Waals surface area contributed by atoms with Gasteiger partial charge in [-0.2, -0.15) is 0 Å². The fourth-order valence-electron chi connectivity index (χ4n) is 5.93. The average Bonchev–Trinajstić information content (AvgIpc) is 2.85. The average molecular weight is 434 g/mol. The molecule has 5 rings (SSSR count). The number of nitrogens with zero attached hydrogens (tertiary/aromatic N) is 2. The summed E-state index contributed by atoms with van der Waals surface area (Å²) in [4.78, 5) is 22.0. The van der Waals surface area contributed by atoms with Crippen LogP contribution in [0.3, 0.4) is 0 Å². The van der Waals surface area contributed by atoms with E-state index in [4.69, 9.17) is 4.84 Å². The Bertz CT molecular complexity index is 947. The zero-order valence-electron chi connectivity index (χ0n) is 19.3. The van der Waals surface area contributed by atoms with E-state index in [1.54, 1.807) is 5.06 Å². The van der Waals surface area contributed by atoms with E-state index in [1.165, 1.54) is 36.9 Å². The maximum atomic E-state index is 13.5. The van der Waals surface area contributed by atoms with Gasteiger partial charge in [-0.25, -0.2) is 5.06 Å². The van der Waals surface area contributed by atoms with Crippen molar-refractivity contribution in [2.75, 3.05) is 26.2 Å². The van der Waals surface area contributed by atoms with Gasteiger partial charge in [-0.3, -0.25) is 14.5 Å². The Morgan fingerprint density at radius 2 is 2.09 bits per heavy atom. The number of hydrogen-bond donors (Lipinski definition) is 1. The van der Waals surface area contributed by atoms with Crippen molar-refractivity contribution < 1.29 is 9.63 Å². The molecule has 0 aromatic heterocycles. The summed E-state index contributed by atoms with van der Waals surface area (Å²) in [5, 5.41) is 5.31. The van der Waals surface area contributed by atoms with Crippen molar-refractivity contribution in [3.63, 3.8) is 0 Å². The minimum atomic E-state index is -0.150. The minimum Gasteiger partial charge on any atom is -0.314 e. The predicted octanol–water partition coefficient (Wildman–Crippen LogP) is 4.51. The van der Waals surface area contributed by atoms with Crippen LogP contribution in [-0.2, 0) is 11.3 Å². The Hall–Kier alpha value is -2.21. The van der Waals surface area contributed by atoms with Crippen molar-refractivity contribution in [3.05, 3.63) is 70.8 Å². The lowest BCUT2D eigenvalue weighted by Crippen LogP contribution is -2.54. The molecule has 3 aliphatic heterocycles. The molecule has 0 bridgehead atoms. The Morgan fingerprint density at radius 1 is 1.25 bits per heavy atom. The van der Waals surface area contributed by atoms with Gasteiger partial charge < -0.3 is 5.32 Å². The molecule has 4 atom stereocenters. The van der Waals surface area contributed by atoms with Crippen molar-refractivity contribution >= 4 is 5.91 Å². The molecular weight excluding hydrogens is 398 g/mol. The number of rotatable bonds is 5. The Balaban J connectivity index is 1.38. The highest BCUT2D eigenvalue weighted by molar-refractivity contribution is 5.94. The highest BCUT2D eigenvalue weighted by atomic mass is 16.7. The zero-order valence-corrected chi connectivity index (χ0v) is 19.3. The van der Waals surface area contributed by atoms with E-state index in [1.807, 2.05) is 50.2 Å². The van der Waals surface area contributed by atoms with Crippen LogP contribution in [0.5, 0.6) is 0 Å². The molecule has 1 N–H and O–H groups in total. The third-order valence-electron chi connectivity index (χ3n) is 7.63. The van der Waals surface area contributed by atoms with E-state index in [-0.39, 0.29) is 11.9 Å². The lowest BCUT2D eigenvalue weighted by Gasteiger charge is -2.49. The molecule has 32 heavy (non-hydrogen) atoms. The van der Waals surface area contributed by atoms with Crippen LogP contribution in [0, 0.1) is 5.92 Å². The summed E-state index contributed by atoms with van der Waals surface area (Å²) in [6.45, 7) is 7.86. The second-order valence-corrected chi connectivity index (χ2v) is 9.51. The highest BCUT2D eigenvalue weighted by Crippen LogP contribution is 2.41. The molecule has 5 nitrogen and oxygen atoms in total. The van der Waals surface area contributed by atoms with Crippen LogP contribution in [0.25, 0.3) is 0 Å². The number of amides is 1. The number of carbonyl (C=O) groups excluding carboxylic acids is 1. The summed E-state index contributed by atoms with van der Waals surface area (Å²) < 4.78 is 0. The molecule has 5 heteroatoms. The van der Waals surface area contributed by atoms with Crippen molar-refractivity contribution in [3.8, 4) is 0 Å². The van der Waals surface area contributed by atoms with Gasteiger partial charge in [0.1, 0.15) is 0 Å². The van der Waals surface area contributed by atoms with Crippen LogP contribution in [0.15, 0.2) is 48.5 Å². The van der Waals surface area contributed by atoms with Gasteiger partial charge in [0.15, 0.2) is 0 Å². The molecule has 2 fully saturated rings. The molecular formula is C27H35N3O2. The van der Waals surface area contributed by atoms with Crippen molar-refractivity contribution in [1.29, 1.82) is 0 Å². The number of piperidine rings is 2. The summed E-state index contributed by atoms with van der Waals surface area (Å²) in [7, 11) is 0. The minimum absolute atomic E-state index is 0.0638. The van der Waals surface area contributed by atoms with Gasteiger partial charge in [-0.05, 0) is 80.8 Å².